The second kappa shape index (κ2) is 8.84. The zero-order valence-corrected chi connectivity index (χ0v) is 16.1. The van der Waals surface area contributed by atoms with Gasteiger partial charge in [-0.15, -0.1) is 0 Å². The number of aliphatic hydroxyl groups is 3. The molecule has 2 aliphatic heterocycles. The molecule has 0 saturated carbocycles. The Kier molecular flexibility index (Phi) is 6.67. The zero-order valence-electron chi connectivity index (χ0n) is 16.1. The molecule has 0 aliphatic carbocycles. The van der Waals surface area contributed by atoms with Crippen molar-refractivity contribution >= 4 is 11.6 Å². The van der Waals surface area contributed by atoms with Gasteiger partial charge in [-0.05, 0) is 13.0 Å². The van der Waals surface area contributed by atoms with E-state index < -0.39 is 30.3 Å². The maximum atomic E-state index is 12.2. The number of carbonyl (C=O) groups is 2. The molecule has 28 heavy (non-hydrogen) atoms. The van der Waals surface area contributed by atoms with Crippen LogP contribution in [0.3, 0.4) is 0 Å². The first kappa shape index (κ1) is 21.1. The van der Waals surface area contributed by atoms with Gasteiger partial charge in [0, 0.05) is 24.7 Å². The lowest BCUT2D eigenvalue weighted by Gasteiger charge is -2.37. The maximum Gasteiger partial charge on any atom is 0.173 e. The molecular formula is C20H28O8. The Labute approximate surface area is 163 Å². The molecule has 0 amide bonds. The van der Waals surface area contributed by atoms with Gasteiger partial charge in [0.05, 0.1) is 55.4 Å². The van der Waals surface area contributed by atoms with Crippen molar-refractivity contribution < 1.29 is 38.8 Å². The second-order valence-electron chi connectivity index (χ2n) is 7.94. The molecule has 2 fully saturated rings. The molecule has 3 N–H and O–H groups in total. The largest absolute Gasteiger partial charge is 0.472 e. The topological polar surface area (TPSA) is 130 Å². The van der Waals surface area contributed by atoms with Crippen LogP contribution in [0.1, 0.15) is 43.5 Å². The summed E-state index contributed by atoms with van der Waals surface area (Å²) < 4.78 is 16.1. The van der Waals surface area contributed by atoms with Crippen LogP contribution in [0.15, 0.2) is 23.0 Å². The van der Waals surface area contributed by atoms with Crippen LogP contribution in [-0.2, 0) is 14.3 Å². The highest BCUT2D eigenvalue weighted by Crippen LogP contribution is 2.37. The van der Waals surface area contributed by atoms with Gasteiger partial charge in [0.2, 0.25) is 0 Å². The van der Waals surface area contributed by atoms with Crippen LogP contribution in [0.25, 0.3) is 0 Å². The molecule has 0 unspecified atom stereocenters. The number of rotatable bonds is 9. The third-order valence-corrected chi connectivity index (χ3v) is 5.79. The molecule has 8 nitrogen and oxygen atoms in total. The summed E-state index contributed by atoms with van der Waals surface area (Å²) in [6, 6.07) is 1.49. The van der Waals surface area contributed by atoms with E-state index in [0.717, 1.165) is 0 Å². The number of furan rings is 1. The Morgan fingerprint density at radius 3 is 2.61 bits per heavy atom. The SMILES string of the molecule is C[C@H]([C@@H]1O[C@H]1C[C@@H]1OC[C@H](CC(=O)CC(=O)c2ccoc2)[C@@H](O)[C@H]1O)[C@H](C)O. The zero-order chi connectivity index (χ0) is 20.4. The van der Waals surface area contributed by atoms with Crippen LogP contribution < -0.4 is 0 Å². The summed E-state index contributed by atoms with van der Waals surface area (Å²) in [4.78, 5) is 24.1. The van der Waals surface area contributed by atoms with Crippen molar-refractivity contribution in [3.63, 3.8) is 0 Å². The molecule has 156 valence electrons. The molecule has 1 aromatic heterocycles. The van der Waals surface area contributed by atoms with Crippen molar-refractivity contribution in [1.82, 2.24) is 0 Å². The summed E-state index contributed by atoms with van der Waals surface area (Å²) in [5.74, 6) is -1.25. The van der Waals surface area contributed by atoms with Gasteiger partial charge in [0.1, 0.15) is 18.2 Å². The maximum absolute atomic E-state index is 12.2. The third-order valence-electron chi connectivity index (χ3n) is 5.79. The fourth-order valence-corrected chi connectivity index (χ4v) is 3.71. The van der Waals surface area contributed by atoms with Crippen LogP contribution in [0, 0.1) is 11.8 Å². The van der Waals surface area contributed by atoms with Crippen LogP contribution >= 0.6 is 0 Å². The van der Waals surface area contributed by atoms with E-state index in [1.54, 1.807) is 6.92 Å². The molecule has 8 atom stereocenters. The Morgan fingerprint density at radius 1 is 1.21 bits per heavy atom. The van der Waals surface area contributed by atoms with E-state index in [2.05, 4.69) is 0 Å². The minimum Gasteiger partial charge on any atom is -0.472 e. The fraction of sp³-hybridized carbons (Fsp3) is 0.700. The van der Waals surface area contributed by atoms with Crippen molar-refractivity contribution in [1.29, 1.82) is 0 Å². The van der Waals surface area contributed by atoms with Gasteiger partial charge in [0.15, 0.2) is 5.78 Å². The van der Waals surface area contributed by atoms with E-state index in [0.29, 0.717) is 12.0 Å². The number of hydrogen-bond acceptors (Lipinski definition) is 8. The molecule has 8 heteroatoms. The van der Waals surface area contributed by atoms with Gasteiger partial charge in [-0.25, -0.2) is 0 Å². The van der Waals surface area contributed by atoms with Gasteiger partial charge >= 0.3 is 0 Å². The first-order valence-electron chi connectivity index (χ1n) is 9.66. The molecule has 0 aromatic carbocycles. The van der Waals surface area contributed by atoms with Crippen LogP contribution in [0.5, 0.6) is 0 Å². The lowest BCUT2D eigenvalue weighted by molar-refractivity contribution is -0.170. The summed E-state index contributed by atoms with van der Waals surface area (Å²) >= 11 is 0. The van der Waals surface area contributed by atoms with E-state index in [1.165, 1.54) is 18.6 Å². The van der Waals surface area contributed by atoms with Gasteiger partial charge in [-0.2, -0.15) is 0 Å². The standard InChI is InChI=1S/C20H28O8/c1-10(11(2)21)20-17(28-20)7-16-19(25)18(24)13(9-27-16)5-14(22)6-15(23)12-3-4-26-8-12/h3-4,8,10-11,13,16-21,24-25H,5-7,9H2,1-2H3/t10-,11-,13-,16-,17-,18+,19-,20-/m0/s1. The van der Waals surface area contributed by atoms with E-state index in [9.17, 15) is 24.9 Å². The van der Waals surface area contributed by atoms with E-state index in [4.69, 9.17) is 13.9 Å². The first-order chi connectivity index (χ1) is 13.3. The highest BCUT2D eigenvalue weighted by atomic mass is 16.6. The third kappa shape index (κ3) is 4.87. The highest BCUT2D eigenvalue weighted by molar-refractivity contribution is 6.07. The molecule has 2 saturated heterocycles. The van der Waals surface area contributed by atoms with Gasteiger partial charge < -0.3 is 29.2 Å². The minimum absolute atomic E-state index is 0.0196. The first-order valence-corrected chi connectivity index (χ1v) is 9.66. The average Bonchev–Trinajstić information content (AvgIpc) is 3.17. The van der Waals surface area contributed by atoms with E-state index in [-0.39, 0.29) is 49.1 Å². The molecular weight excluding hydrogens is 368 g/mol. The molecule has 0 radical (unpaired) electrons. The molecule has 0 spiro atoms. The number of hydrogen-bond donors (Lipinski definition) is 3. The predicted octanol–water partition coefficient (Wildman–Crippen LogP) is 0.723. The Hall–Kier alpha value is -1.58. The fourth-order valence-electron chi connectivity index (χ4n) is 3.71. The van der Waals surface area contributed by atoms with Crippen molar-refractivity contribution in [2.24, 2.45) is 11.8 Å². The number of aliphatic hydroxyl groups excluding tert-OH is 3. The Bertz CT molecular complexity index is 670. The van der Waals surface area contributed by atoms with Gasteiger partial charge in [-0.3, -0.25) is 9.59 Å². The van der Waals surface area contributed by atoms with Crippen LogP contribution in [0.2, 0.25) is 0 Å². The summed E-state index contributed by atoms with van der Waals surface area (Å²) in [6.45, 7) is 3.73. The van der Waals surface area contributed by atoms with Crippen molar-refractivity contribution in [3.8, 4) is 0 Å². The summed E-state index contributed by atoms with van der Waals surface area (Å²) in [7, 11) is 0. The number of carbonyl (C=O) groups excluding carboxylic acids is 2. The number of ether oxygens (including phenoxy) is 2. The van der Waals surface area contributed by atoms with Gasteiger partial charge in [0.25, 0.3) is 0 Å². The Balaban J connectivity index is 1.46. The number of ketones is 2. The summed E-state index contributed by atoms with van der Waals surface area (Å²) in [5, 5.41) is 30.4. The Morgan fingerprint density at radius 2 is 1.96 bits per heavy atom. The summed E-state index contributed by atoms with van der Waals surface area (Å²) in [6.07, 6.45) is -0.795. The molecule has 3 heterocycles. The molecule has 0 bridgehead atoms. The monoisotopic (exact) mass is 396 g/mol. The lowest BCUT2D eigenvalue weighted by atomic mass is 9.85. The predicted molar refractivity (Wildman–Crippen MR) is 96.6 cm³/mol. The van der Waals surface area contributed by atoms with Crippen molar-refractivity contribution in [2.45, 2.75) is 69.7 Å². The number of epoxide rings is 1. The van der Waals surface area contributed by atoms with Crippen molar-refractivity contribution in [3.05, 3.63) is 24.2 Å². The molecule has 1 aromatic rings. The lowest BCUT2D eigenvalue weighted by Crippen LogP contribution is -2.51. The minimum atomic E-state index is -1.14. The van der Waals surface area contributed by atoms with E-state index >= 15 is 0 Å². The highest BCUT2D eigenvalue weighted by Gasteiger charge is 2.48. The quantitative estimate of drug-likeness (QED) is 0.316. The van der Waals surface area contributed by atoms with Crippen molar-refractivity contribution in [2.75, 3.05) is 6.61 Å². The average molecular weight is 396 g/mol. The molecule has 3 rings (SSSR count). The molecule has 2 aliphatic rings. The second-order valence-corrected chi connectivity index (χ2v) is 7.94. The normalized spacial score (nSPS) is 34.6. The smallest absolute Gasteiger partial charge is 0.173 e. The van der Waals surface area contributed by atoms with Gasteiger partial charge in [-0.1, -0.05) is 6.92 Å². The van der Waals surface area contributed by atoms with Crippen LogP contribution in [0.4, 0.5) is 0 Å². The number of Topliss-reactive ketones (excluding diaryl/α,β-unsaturated/α-hetero) is 2. The summed E-state index contributed by atoms with van der Waals surface area (Å²) in [5.41, 5.74) is 0.333. The van der Waals surface area contributed by atoms with Crippen LogP contribution in [-0.4, -0.2) is 70.1 Å². The van der Waals surface area contributed by atoms with E-state index in [1.807, 2.05) is 6.92 Å².